The first-order valence-corrected chi connectivity index (χ1v) is 3.65. The van der Waals surface area contributed by atoms with Crippen molar-refractivity contribution in [2.24, 2.45) is 0 Å². The summed E-state index contributed by atoms with van der Waals surface area (Å²) in [4.78, 5) is 10.8. The first-order chi connectivity index (χ1) is 6.38. The summed E-state index contributed by atoms with van der Waals surface area (Å²) in [7, 11) is 0. The van der Waals surface area contributed by atoms with Crippen molar-refractivity contribution in [3.05, 3.63) is 23.0 Å². The van der Waals surface area contributed by atoms with Gasteiger partial charge in [0.1, 0.15) is 0 Å². The Morgan fingerprint density at radius 3 is 2.43 bits per heavy atom. The Balaban J connectivity index is 2.76. The topological polar surface area (TPSA) is 54.9 Å². The fourth-order valence-corrected chi connectivity index (χ4v) is 0.731. The molecule has 76 valence electrons. The normalized spacial score (nSPS) is 11.1. The highest BCUT2D eigenvalue weighted by molar-refractivity contribution is 6.29. The number of alkyl halides is 3. The van der Waals surface area contributed by atoms with Gasteiger partial charge in [-0.3, -0.25) is 10.1 Å². The minimum absolute atomic E-state index is 0.00596. The first-order valence-electron chi connectivity index (χ1n) is 3.27. The predicted octanol–water partition coefficient (Wildman–Crippen LogP) is 1.38. The number of amides is 1. The smallest absolute Gasteiger partial charge is 0.267 e. The quantitative estimate of drug-likeness (QED) is 0.735. The maximum absolute atomic E-state index is 11.7. The molecular weight excluding hydrogens is 223 g/mol. The molecule has 0 aliphatic heterocycles. The van der Waals surface area contributed by atoms with E-state index < -0.39 is 17.9 Å². The number of carbonyl (C=O) groups is 1. The molecule has 0 spiro atoms. The summed E-state index contributed by atoms with van der Waals surface area (Å²) in [6.07, 6.45) is -4.78. The Morgan fingerprint density at radius 2 is 2.00 bits per heavy atom. The zero-order chi connectivity index (χ0) is 10.8. The van der Waals surface area contributed by atoms with Gasteiger partial charge in [0.2, 0.25) is 0 Å². The lowest BCUT2D eigenvalue weighted by molar-refractivity contribution is -0.146. The van der Waals surface area contributed by atoms with Gasteiger partial charge >= 0.3 is 6.30 Å². The average molecular weight is 226 g/mol. The number of nitrogens with one attached hydrogen (secondary N) is 1. The van der Waals surface area contributed by atoms with Crippen LogP contribution in [-0.4, -0.2) is 22.4 Å². The van der Waals surface area contributed by atoms with E-state index >= 15 is 0 Å². The predicted molar refractivity (Wildman–Crippen MR) is 40.6 cm³/mol. The van der Waals surface area contributed by atoms with Crippen LogP contribution in [0.3, 0.4) is 0 Å². The van der Waals surface area contributed by atoms with Gasteiger partial charge in [-0.05, 0) is 12.1 Å². The second-order valence-corrected chi connectivity index (χ2v) is 2.58. The highest BCUT2D eigenvalue weighted by atomic mass is 35.5. The van der Waals surface area contributed by atoms with E-state index in [1.54, 1.807) is 0 Å². The van der Waals surface area contributed by atoms with Crippen LogP contribution >= 0.6 is 11.6 Å². The number of carbonyl (C=O) groups excluding carboxylic acids is 1. The Bertz CT molecular complexity index is 337. The zero-order valence-electron chi connectivity index (χ0n) is 6.47. The van der Waals surface area contributed by atoms with E-state index in [0.717, 1.165) is 11.4 Å². The second kappa shape index (κ2) is 3.79. The Hall–Kier alpha value is -1.37. The molecule has 1 aromatic rings. The number of hydrogen-bond acceptors (Lipinski definition) is 3. The molecule has 8 heteroatoms. The number of hydrogen-bond donors (Lipinski definition) is 1. The minimum Gasteiger partial charge on any atom is -0.267 e. The fourth-order valence-electron chi connectivity index (χ4n) is 0.630. The van der Waals surface area contributed by atoms with Gasteiger partial charge in [0.05, 0.1) is 0 Å². The summed E-state index contributed by atoms with van der Waals surface area (Å²) in [5, 5.41) is 7.15. The average Bonchev–Trinajstić information content (AvgIpc) is 2.02. The number of nitrogens with zero attached hydrogens (tertiary/aromatic N) is 2. The Kier molecular flexibility index (Phi) is 2.90. The summed E-state index contributed by atoms with van der Waals surface area (Å²) in [6, 6.07) is 2.20. The van der Waals surface area contributed by atoms with Crippen LogP contribution in [0.1, 0.15) is 10.5 Å². The third-order valence-electron chi connectivity index (χ3n) is 1.12. The summed E-state index contributed by atoms with van der Waals surface area (Å²) in [5.41, 5.74) is -0.452. The van der Waals surface area contributed by atoms with Crippen molar-refractivity contribution in [2.45, 2.75) is 6.30 Å². The summed E-state index contributed by atoms with van der Waals surface area (Å²) >= 11 is 5.32. The molecule has 0 aromatic carbocycles. The van der Waals surface area contributed by atoms with Crippen molar-refractivity contribution in [3.63, 3.8) is 0 Å². The Morgan fingerprint density at radius 1 is 1.36 bits per heavy atom. The lowest BCUT2D eigenvalue weighted by Gasteiger charge is -2.06. The maximum Gasteiger partial charge on any atom is 0.484 e. The van der Waals surface area contributed by atoms with E-state index in [4.69, 9.17) is 11.6 Å². The number of halogens is 4. The van der Waals surface area contributed by atoms with Crippen molar-refractivity contribution >= 4 is 17.5 Å². The molecule has 1 N–H and O–H groups in total. The van der Waals surface area contributed by atoms with Crippen LogP contribution in [0.5, 0.6) is 0 Å². The lowest BCUT2D eigenvalue weighted by Crippen LogP contribution is -2.37. The minimum atomic E-state index is -4.78. The highest BCUT2D eigenvalue weighted by Crippen LogP contribution is 2.10. The third-order valence-corrected chi connectivity index (χ3v) is 1.32. The monoisotopic (exact) mass is 225 g/mol. The molecule has 0 unspecified atom stereocenters. The standard InChI is InChI=1S/C6H3ClF3N3O/c7-4-2-1-3(12-13-4)5(14)11-6(8,9)10/h1-2H,(H,11,14). The summed E-state index contributed by atoms with van der Waals surface area (Å²) < 4.78 is 35.0. The number of aromatic nitrogens is 2. The van der Waals surface area contributed by atoms with Crippen LogP contribution in [0.4, 0.5) is 13.2 Å². The molecule has 0 bridgehead atoms. The summed E-state index contributed by atoms with van der Waals surface area (Å²) in [6.45, 7) is 0. The van der Waals surface area contributed by atoms with Gasteiger partial charge in [0.25, 0.3) is 5.91 Å². The molecule has 0 fully saturated rings. The lowest BCUT2D eigenvalue weighted by atomic mass is 10.4. The molecule has 14 heavy (non-hydrogen) atoms. The van der Waals surface area contributed by atoms with Crippen LogP contribution < -0.4 is 5.32 Å². The maximum atomic E-state index is 11.7. The van der Waals surface area contributed by atoms with Crippen molar-refractivity contribution in [3.8, 4) is 0 Å². The molecule has 4 nitrogen and oxygen atoms in total. The van der Waals surface area contributed by atoms with E-state index in [9.17, 15) is 18.0 Å². The van der Waals surface area contributed by atoms with E-state index in [1.807, 2.05) is 0 Å². The first kappa shape index (κ1) is 10.7. The van der Waals surface area contributed by atoms with Gasteiger partial charge in [-0.2, -0.15) is 13.2 Å². The molecule has 0 saturated carbocycles. The van der Waals surface area contributed by atoms with Crippen LogP contribution in [0.25, 0.3) is 0 Å². The van der Waals surface area contributed by atoms with Gasteiger partial charge in [-0.1, -0.05) is 11.6 Å². The van der Waals surface area contributed by atoms with Gasteiger partial charge in [-0.15, -0.1) is 10.2 Å². The molecule has 0 saturated heterocycles. The van der Waals surface area contributed by atoms with E-state index in [-0.39, 0.29) is 5.15 Å². The third kappa shape index (κ3) is 3.17. The molecule has 0 aliphatic rings. The molecular formula is C6H3ClF3N3O. The second-order valence-electron chi connectivity index (χ2n) is 2.19. The van der Waals surface area contributed by atoms with Crippen molar-refractivity contribution in [1.29, 1.82) is 0 Å². The molecule has 1 amide bonds. The van der Waals surface area contributed by atoms with Gasteiger partial charge < -0.3 is 0 Å². The van der Waals surface area contributed by atoms with Crippen molar-refractivity contribution < 1.29 is 18.0 Å². The van der Waals surface area contributed by atoms with E-state index in [0.29, 0.717) is 0 Å². The van der Waals surface area contributed by atoms with Crippen LogP contribution in [0.15, 0.2) is 12.1 Å². The molecule has 0 radical (unpaired) electrons. The van der Waals surface area contributed by atoms with Crippen molar-refractivity contribution in [2.75, 3.05) is 0 Å². The van der Waals surface area contributed by atoms with E-state index in [2.05, 4.69) is 10.2 Å². The molecule has 1 aromatic heterocycles. The SMILES string of the molecule is O=C(NC(F)(F)F)c1ccc(Cl)nn1. The Labute approximate surface area is 81.1 Å². The van der Waals surface area contributed by atoms with Gasteiger partial charge in [0.15, 0.2) is 10.8 Å². The van der Waals surface area contributed by atoms with Crippen LogP contribution in [-0.2, 0) is 0 Å². The van der Waals surface area contributed by atoms with Gasteiger partial charge in [-0.25, -0.2) is 0 Å². The zero-order valence-corrected chi connectivity index (χ0v) is 7.23. The van der Waals surface area contributed by atoms with Crippen LogP contribution in [0.2, 0.25) is 5.15 Å². The fraction of sp³-hybridized carbons (Fsp3) is 0.167. The molecule has 0 atom stereocenters. The molecule has 1 heterocycles. The van der Waals surface area contributed by atoms with Crippen LogP contribution in [0, 0.1) is 0 Å². The molecule has 0 aliphatic carbocycles. The van der Waals surface area contributed by atoms with Crippen molar-refractivity contribution in [1.82, 2.24) is 15.5 Å². The largest absolute Gasteiger partial charge is 0.484 e. The summed E-state index contributed by atoms with van der Waals surface area (Å²) in [5.74, 6) is -1.37. The van der Waals surface area contributed by atoms with Gasteiger partial charge in [0, 0.05) is 0 Å². The highest BCUT2D eigenvalue weighted by Gasteiger charge is 2.31. The van der Waals surface area contributed by atoms with E-state index in [1.165, 1.54) is 6.07 Å². The molecule has 1 rings (SSSR count). The number of rotatable bonds is 1.